The Morgan fingerprint density at radius 3 is 2.27 bits per heavy atom. The number of carbonyl (C=O) groups excluding carboxylic acids is 1. The predicted molar refractivity (Wildman–Crippen MR) is 79.9 cm³/mol. The first-order chi connectivity index (χ1) is 10.4. The molecule has 2 aromatic rings. The second-order valence-corrected chi connectivity index (χ2v) is 4.71. The highest BCUT2D eigenvalue weighted by Gasteiger charge is 2.31. The van der Waals surface area contributed by atoms with E-state index in [2.05, 4.69) is 4.85 Å². The summed E-state index contributed by atoms with van der Waals surface area (Å²) in [6, 6.07) is 6.56. The van der Waals surface area contributed by atoms with Crippen LogP contribution in [0.4, 0.5) is 5.82 Å². The third kappa shape index (κ3) is 2.31. The van der Waals surface area contributed by atoms with Crippen molar-refractivity contribution < 1.29 is 19.7 Å². The van der Waals surface area contributed by atoms with E-state index in [1.54, 1.807) is 24.3 Å². The number of hydrogen-bond acceptors (Lipinski definition) is 4. The molecule has 7 heteroatoms. The quantitative estimate of drug-likeness (QED) is 0.851. The Bertz CT molecular complexity index is 755. The van der Waals surface area contributed by atoms with Crippen LogP contribution >= 0.6 is 0 Å². The van der Waals surface area contributed by atoms with Crippen molar-refractivity contribution in [3.05, 3.63) is 41.4 Å². The van der Waals surface area contributed by atoms with Gasteiger partial charge in [-0.15, -0.1) is 0 Å². The molecule has 1 heterocycles. The number of methoxy groups -OCH3 is 1. The number of hydrogen-bond donors (Lipinski definition) is 2. The molecule has 0 aliphatic carbocycles. The van der Waals surface area contributed by atoms with Crippen LogP contribution in [0.5, 0.6) is 17.2 Å². The van der Waals surface area contributed by atoms with Gasteiger partial charge >= 0.3 is 0 Å². The molecule has 0 unspecified atom stereocenters. The first kappa shape index (κ1) is 15.3. The molecule has 0 saturated heterocycles. The molecule has 1 aromatic carbocycles. The first-order valence-electron chi connectivity index (χ1n) is 6.32. The van der Waals surface area contributed by atoms with Crippen molar-refractivity contribution in [1.82, 2.24) is 9.47 Å². The summed E-state index contributed by atoms with van der Waals surface area (Å²) < 4.78 is 6.28. The SMILES string of the molecule is [C-]#[N+]c1c(O)c(O)c(C(=O)N(C)C)n1-c1ccc(OC)cc1. The van der Waals surface area contributed by atoms with E-state index in [-0.39, 0.29) is 11.5 Å². The maximum Gasteiger partial charge on any atom is 0.296 e. The van der Waals surface area contributed by atoms with Crippen LogP contribution in [0.25, 0.3) is 10.5 Å². The molecule has 0 bridgehead atoms. The van der Waals surface area contributed by atoms with Gasteiger partial charge in [-0.05, 0) is 24.3 Å². The molecule has 0 aliphatic heterocycles. The van der Waals surface area contributed by atoms with Gasteiger partial charge in [0, 0.05) is 14.1 Å². The molecular weight excluding hydrogens is 286 g/mol. The standard InChI is InChI=1S/C15H15N3O4/c1-16-14-13(20)12(19)11(15(21)17(2)3)18(14)9-5-7-10(22-4)8-6-9/h5-8,19-20H,2-4H3. The minimum atomic E-state index is -0.615. The molecule has 7 nitrogen and oxygen atoms in total. The van der Waals surface area contributed by atoms with Crippen molar-refractivity contribution in [3.8, 4) is 22.9 Å². The van der Waals surface area contributed by atoms with Gasteiger partial charge in [0.2, 0.25) is 11.4 Å². The van der Waals surface area contributed by atoms with Crippen molar-refractivity contribution >= 4 is 11.7 Å². The number of ether oxygens (including phenoxy) is 1. The highest BCUT2D eigenvalue weighted by atomic mass is 16.5. The number of benzene rings is 1. The highest BCUT2D eigenvalue weighted by Crippen LogP contribution is 2.44. The first-order valence-corrected chi connectivity index (χ1v) is 6.32. The molecule has 0 spiro atoms. The smallest absolute Gasteiger partial charge is 0.296 e. The van der Waals surface area contributed by atoms with Crippen LogP contribution in [0.2, 0.25) is 0 Å². The zero-order valence-corrected chi connectivity index (χ0v) is 12.4. The summed E-state index contributed by atoms with van der Waals surface area (Å²) in [6.45, 7) is 7.19. The second-order valence-electron chi connectivity index (χ2n) is 4.71. The lowest BCUT2D eigenvalue weighted by Gasteiger charge is -2.11. The summed E-state index contributed by atoms with van der Waals surface area (Å²) in [5.41, 5.74) is 0.284. The Labute approximate surface area is 127 Å². The van der Waals surface area contributed by atoms with Gasteiger partial charge in [0.25, 0.3) is 11.7 Å². The Balaban J connectivity index is 2.74. The van der Waals surface area contributed by atoms with Crippen molar-refractivity contribution in [2.24, 2.45) is 0 Å². The summed E-state index contributed by atoms with van der Waals surface area (Å²) in [5, 5.41) is 19.9. The van der Waals surface area contributed by atoms with Gasteiger partial charge in [0.05, 0.1) is 7.11 Å². The van der Waals surface area contributed by atoms with Gasteiger partial charge in [-0.1, -0.05) is 6.57 Å². The molecule has 1 amide bonds. The lowest BCUT2D eigenvalue weighted by molar-refractivity contribution is 0.0816. The van der Waals surface area contributed by atoms with Crippen LogP contribution in [0.15, 0.2) is 24.3 Å². The van der Waals surface area contributed by atoms with Crippen molar-refractivity contribution in [2.75, 3.05) is 21.2 Å². The zero-order valence-electron chi connectivity index (χ0n) is 12.4. The fourth-order valence-corrected chi connectivity index (χ4v) is 2.03. The molecule has 0 radical (unpaired) electrons. The molecule has 0 fully saturated rings. The van der Waals surface area contributed by atoms with E-state index in [0.717, 1.165) is 0 Å². The van der Waals surface area contributed by atoms with E-state index in [0.29, 0.717) is 11.4 Å². The Kier molecular flexibility index (Phi) is 3.95. The van der Waals surface area contributed by atoms with Gasteiger partial charge in [-0.25, -0.2) is 4.57 Å². The molecule has 114 valence electrons. The monoisotopic (exact) mass is 301 g/mol. The van der Waals surface area contributed by atoms with Gasteiger partial charge < -0.3 is 24.7 Å². The van der Waals surface area contributed by atoms with Crippen LogP contribution in [0, 0.1) is 6.57 Å². The molecule has 0 saturated carbocycles. The molecule has 0 aliphatic rings. The van der Waals surface area contributed by atoms with E-state index < -0.39 is 17.4 Å². The fourth-order valence-electron chi connectivity index (χ4n) is 2.03. The summed E-state index contributed by atoms with van der Waals surface area (Å²) in [4.78, 5) is 16.7. The van der Waals surface area contributed by atoms with E-state index >= 15 is 0 Å². The summed E-state index contributed by atoms with van der Waals surface area (Å²) >= 11 is 0. The lowest BCUT2D eigenvalue weighted by Crippen LogP contribution is -2.24. The van der Waals surface area contributed by atoms with Crippen molar-refractivity contribution in [2.45, 2.75) is 0 Å². The van der Waals surface area contributed by atoms with Gasteiger partial charge in [0.1, 0.15) is 11.4 Å². The number of aromatic nitrogens is 1. The van der Waals surface area contributed by atoms with Crippen LogP contribution < -0.4 is 4.74 Å². The summed E-state index contributed by atoms with van der Waals surface area (Å²) in [6.07, 6.45) is 0. The predicted octanol–water partition coefficient (Wildman–Crippen LogP) is 2.15. The van der Waals surface area contributed by atoms with E-state index in [1.165, 1.54) is 30.7 Å². The lowest BCUT2D eigenvalue weighted by atomic mass is 10.2. The summed E-state index contributed by atoms with van der Waals surface area (Å²) in [7, 11) is 4.55. The Morgan fingerprint density at radius 1 is 1.23 bits per heavy atom. The van der Waals surface area contributed by atoms with Gasteiger partial charge in [-0.2, -0.15) is 0 Å². The van der Waals surface area contributed by atoms with Crippen LogP contribution in [0.1, 0.15) is 10.5 Å². The summed E-state index contributed by atoms with van der Waals surface area (Å²) in [5.74, 6) is -1.38. The third-order valence-electron chi connectivity index (χ3n) is 3.14. The Hall–Kier alpha value is -3.14. The highest BCUT2D eigenvalue weighted by molar-refractivity contribution is 5.99. The normalized spacial score (nSPS) is 10.1. The zero-order chi connectivity index (χ0) is 16.4. The molecule has 22 heavy (non-hydrogen) atoms. The van der Waals surface area contributed by atoms with Crippen LogP contribution in [-0.2, 0) is 0 Å². The average molecular weight is 301 g/mol. The fraction of sp³-hybridized carbons (Fsp3) is 0.200. The number of rotatable bonds is 3. The molecule has 2 N–H and O–H groups in total. The molecule has 0 atom stereocenters. The maximum absolute atomic E-state index is 12.3. The van der Waals surface area contributed by atoms with Crippen LogP contribution in [-0.4, -0.2) is 46.8 Å². The average Bonchev–Trinajstić information content (AvgIpc) is 2.78. The van der Waals surface area contributed by atoms with Crippen LogP contribution in [0.3, 0.4) is 0 Å². The number of carbonyl (C=O) groups is 1. The molecule has 1 aromatic heterocycles. The third-order valence-corrected chi connectivity index (χ3v) is 3.14. The van der Waals surface area contributed by atoms with E-state index in [9.17, 15) is 15.0 Å². The van der Waals surface area contributed by atoms with Gasteiger partial charge in [-0.3, -0.25) is 4.79 Å². The van der Waals surface area contributed by atoms with E-state index in [1.807, 2.05) is 0 Å². The molecule has 2 rings (SSSR count). The minimum absolute atomic E-state index is 0.168. The minimum Gasteiger partial charge on any atom is -0.514 e. The maximum atomic E-state index is 12.3. The van der Waals surface area contributed by atoms with Crippen molar-refractivity contribution in [3.63, 3.8) is 0 Å². The number of amides is 1. The largest absolute Gasteiger partial charge is 0.514 e. The molecular formula is C15H15N3O4. The second kappa shape index (κ2) is 5.69. The van der Waals surface area contributed by atoms with Gasteiger partial charge in [0.15, 0.2) is 5.75 Å². The van der Waals surface area contributed by atoms with E-state index in [4.69, 9.17) is 11.3 Å². The number of aromatic hydroxyl groups is 2. The number of nitrogens with zero attached hydrogens (tertiary/aromatic N) is 3. The van der Waals surface area contributed by atoms with Crippen molar-refractivity contribution in [1.29, 1.82) is 0 Å². The Morgan fingerprint density at radius 2 is 1.82 bits per heavy atom. The topological polar surface area (TPSA) is 79.3 Å².